The molecular formula is C20H20N4O6. The Bertz CT molecular complexity index is 987. The lowest BCUT2D eigenvalue weighted by Crippen LogP contribution is -2.23. The first-order valence-electron chi connectivity index (χ1n) is 9.15. The maximum Gasteiger partial charge on any atom is 0.269 e. The van der Waals surface area contributed by atoms with Crippen molar-refractivity contribution in [3.63, 3.8) is 0 Å². The third-order valence-corrected chi connectivity index (χ3v) is 4.13. The van der Waals surface area contributed by atoms with Crippen molar-refractivity contribution >= 4 is 28.9 Å². The maximum atomic E-state index is 12.2. The van der Waals surface area contributed by atoms with E-state index < -0.39 is 10.8 Å². The lowest BCUT2D eigenvalue weighted by Gasteiger charge is -2.19. The molecule has 0 bridgehead atoms. The van der Waals surface area contributed by atoms with Crippen LogP contribution in [0.15, 0.2) is 47.6 Å². The number of hydrazone groups is 1. The first kappa shape index (κ1) is 20.8. The zero-order valence-corrected chi connectivity index (χ0v) is 16.2. The van der Waals surface area contributed by atoms with E-state index in [-0.39, 0.29) is 24.4 Å². The smallest absolute Gasteiger partial charge is 0.269 e. The van der Waals surface area contributed by atoms with Crippen LogP contribution < -0.4 is 20.2 Å². The molecule has 3 rings (SSSR count). The van der Waals surface area contributed by atoms with Crippen molar-refractivity contribution in [3.8, 4) is 11.5 Å². The molecule has 10 nitrogen and oxygen atoms in total. The van der Waals surface area contributed by atoms with Gasteiger partial charge in [-0.25, -0.2) is 5.43 Å². The van der Waals surface area contributed by atoms with E-state index in [0.29, 0.717) is 41.7 Å². The van der Waals surface area contributed by atoms with Crippen molar-refractivity contribution in [1.82, 2.24) is 5.43 Å². The Morgan fingerprint density at radius 3 is 2.47 bits per heavy atom. The molecule has 0 spiro atoms. The Labute approximate surface area is 172 Å². The standard InChI is InChI=1S/C20H20N4O6/c1-13(22-23-20(26)11-14-2-5-16(6-3-14)24(27)28)10-19(25)21-15-4-7-17-18(12-15)30-9-8-29-17/h2-7,12H,8-11H2,1H3,(H,21,25)(H,23,26). The molecule has 0 unspecified atom stereocenters. The first-order valence-corrected chi connectivity index (χ1v) is 9.15. The van der Waals surface area contributed by atoms with Gasteiger partial charge in [-0.3, -0.25) is 19.7 Å². The summed E-state index contributed by atoms with van der Waals surface area (Å²) < 4.78 is 10.9. The molecule has 156 valence electrons. The zero-order valence-electron chi connectivity index (χ0n) is 16.2. The van der Waals surface area contributed by atoms with Crippen LogP contribution in [0.2, 0.25) is 0 Å². The fourth-order valence-electron chi connectivity index (χ4n) is 2.72. The van der Waals surface area contributed by atoms with Crippen molar-refractivity contribution in [2.45, 2.75) is 19.8 Å². The number of hydrogen-bond acceptors (Lipinski definition) is 7. The fraction of sp³-hybridized carbons (Fsp3) is 0.250. The second-order valence-electron chi connectivity index (χ2n) is 6.57. The Kier molecular flexibility index (Phi) is 6.58. The minimum Gasteiger partial charge on any atom is -0.486 e. The van der Waals surface area contributed by atoms with Gasteiger partial charge < -0.3 is 14.8 Å². The van der Waals surface area contributed by atoms with Crippen molar-refractivity contribution in [3.05, 3.63) is 58.1 Å². The SMILES string of the molecule is CC(CC(=O)Nc1ccc2c(c1)OCCO2)=NNC(=O)Cc1ccc([N+](=O)[O-])cc1. The number of hydrogen-bond donors (Lipinski definition) is 2. The number of amides is 2. The van der Waals surface area contributed by atoms with E-state index in [4.69, 9.17) is 9.47 Å². The molecule has 2 aromatic rings. The van der Waals surface area contributed by atoms with E-state index >= 15 is 0 Å². The van der Waals surface area contributed by atoms with E-state index in [2.05, 4.69) is 15.8 Å². The Hall–Kier alpha value is -3.95. The number of fused-ring (bicyclic) bond motifs is 1. The summed E-state index contributed by atoms with van der Waals surface area (Å²) in [5.41, 5.74) is 3.93. The molecule has 2 aromatic carbocycles. The summed E-state index contributed by atoms with van der Waals surface area (Å²) in [4.78, 5) is 34.3. The molecule has 0 aromatic heterocycles. The Balaban J connectivity index is 1.47. The minimum atomic E-state index is -0.506. The second kappa shape index (κ2) is 9.50. The summed E-state index contributed by atoms with van der Waals surface area (Å²) in [5, 5.41) is 17.3. The molecule has 2 amide bonds. The van der Waals surface area contributed by atoms with Gasteiger partial charge in [0.05, 0.1) is 17.8 Å². The molecule has 0 radical (unpaired) electrons. The van der Waals surface area contributed by atoms with Crippen LogP contribution in [0.4, 0.5) is 11.4 Å². The summed E-state index contributed by atoms with van der Waals surface area (Å²) in [6, 6.07) is 10.8. The van der Waals surface area contributed by atoms with Gasteiger partial charge in [-0.1, -0.05) is 12.1 Å². The summed E-state index contributed by atoms with van der Waals surface area (Å²) >= 11 is 0. The van der Waals surface area contributed by atoms with Crippen molar-refractivity contribution in [2.75, 3.05) is 18.5 Å². The van der Waals surface area contributed by atoms with Crippen LogP contribution in [-0.2, 0) is 16.0 Å². The number of carbonyl (C=O) groups is 2. The normalized spacial score (nSPS) is 12.8. The van der Waals surface area contributed by atoms with Gasteiger partial charge in [0.15, 0.2) is 11.5 Å². The van der Waals surface area contributed by atoms with E-state index in [1.54, 1.807) is 25.1 Å². The molecule has 10 heteroatoms. The lowest BCUT2D eigenvalue weighted by atomic mass is 10.1. The van der Waals surface area contributed by atoms with Gasteiger partial charge in [-0.05, 0) is 24.6 Å². The number of ether oxygens (including phenoxy) is 2. The number of nitro groups is 1. The molecule has 2 N–H and O–H groups in total. The molecule has 0 aliphatic carbocycles. The second-order valence-corrected chi connectivity index (χ2v) is 6.57. The molecule has 0 saturated heterocycles. The van der Waals surface area contributed by atoms with Crippen LogP contribution >= 0.6 is 0 Å². The molecule has 0 saturated carbocycles. The van der Waals surface area contributed by atoms with Crippen molar-refractivity contribution in [2.24, 2.45) is 5.10 Å². The van der Waals surface area contributed by atoms with E-state index in [1.165, 1.54) is 24.3 Å². The highest BCUT2D eigenvalue weighted by Crippen LogP contribution is 2.32. The monoisotopic (exact) mass is 412 g/mol. The predicted molar refractivity (Wildman–Crippen MR) is 109 cm³/mol. The van der Waals surface area contributed by atoms with Gasteiger partial charge in [0, 0.05) is 29.6 Å². The van der Waals surface area contributed by atoms with Gasteiger partial charge in [-0.2, -0.15) is 5.10 Å². The number of nitrogens with zero attached hydrogens (tertiary/aromatic N) is 2. The van der Waals surface area contributed by atoms with Crippen molar-refractivity contribution < 1.29 is 24.0 Å². The topological polar surface area (TPSA) is 132 Å². The first-order chi connectivity index (χ1) is 14.4. The van der Waals surface area contributed by atoms with Gasteiger partial charge in [0.1, 0.15) is 13.2 Å². The molecule has 1 heterocycles. The lowest BCUT2D eigenvalue weighted by molar-refractivity contribution is -0.384. The van der Waals surface area contributed by atoms with E-state index in [9.17, 15) is 19.7 Å². The molecule has 30 heavy (non-hydrogen) atoms. The molecule has 1 aliphatic rings. The van der Waals surface area contributed by atoms with Crippen LogP contribution in [0.25, 0.3) is 0 Å². The summed E-state index contributed by atoms with van der Waals surface area (Å²) in [5.74, 6) is 0.517. The van der Waals surface area contributed by atoms with Gasteiger partial charge >= 0.3 is 0 Å². The van der Waals surface area contributed by atoms with E-state index in [1.807, 2.05) is 0 Å². The zero-order chi connectivity index (χ0) is 21.5. The average Bonchev–Trinajstić information content (AvgIpc) is 2.72. The van der Waals surface area contributed by atoms with Gasteiger partial charge in [0.2, 0.25) is 11.8 Å². The Morgan fingerprint density at radius 1 is 1.07 bits per heavy atom. The number of non-ortho nitro benzene ring substituents is 1. The minimum absolute atomic E-state index is 0.00768. The maximum absolute atomic E-state index is 12.2. The molecular weight excluding hydrogens is 392 g/mol. The van der Waals surface area contributed by atoms with Crippen LogP contribution in [0.3, 0.4) is 0 Å². The van der Waals surface area contributed by atoms with Crippen LogP contribution in [0.1, 0.15) is 18.9 Å². The predicted octanol–water partition coefficient (Wildman–Crippen LogP) is 2.43. The highest BCUT2D eigenvalue weighted by molar-refractivity contribution is 6.05. The summed E-state index contributed by atoms with van der Waals surface area (Å²) in [6.45, 7) is 2.57. The highest BCUT2D eigenvalue weighted by atomic mass is 16.6. The van der Waals surface area contributed by atoms with Crippen LogP contribution in [-0.4, -0.2) is 35.7 Å². The number of anilines is 1. The van der Waals surface area contributed by atoms with Crippen LogP contribution in [0.5, 0.6) is 11.5 Å². The summed E-state index contributed by atoms with van der Waals surface area (Å²) in [7, 11) is 0. The fourth-order valence-corrected chi connectivity index (χ4v) is 2.72. The quantitative estimate of drug-likeness (QED) is 0.408. The number of nitrogens with one attached hydrogen (secondary N) is 2. The molecule has 0 fully saturated rings. The molecule has 1 aliphatic heterocycles. The highest BCUT2D eigenvalue weighted by Gasteiger charge is 2.13. The average molecular weight is 412 g/mol. The number of benzene rings is 2. The van der Waals surface area contributed by atoms with E-state index in [0.717, 1.165) is 0 Å². The summed E-state index contributed by atoms with van der Waals surface area (Å²) in [6.07, 6.45) is 0.00439. The Morgan fingerprint density at radius 2 is 1.77 bits per heavy atom. The largest absolute Gasteiger partial charge is 0.486 e. The third-order valence-electron chi connectivity index (χ3n) is 4.13. The number of nitro benzene ring substituents is 1. The van der Waals surface area contributed by atoms with Gasteiger partial charge in [-0.15, -0.1) is 0 Å². The van der Waals surface area contributed by atoms with Crippen LogP contribution in [0, 0.1) is 10.1 Å². The number of rotatable bonds is 7. The number of carbonyl (C=O) groups excluding carboxylic acids is 2. The van der Waals surface area contributed by atoms with Gasteiger partial charge in [0.25, 0.3) is 5.69 Å². The van der Waals surface area contributed by atoms with Crippen molar-refractivity contribution in [1.29, 1.82) is 0 Å². The third kappa shape index (κ3) is 5.77. The molecule has 0 atom stereocenters.